The predicted octanol–water partition coefficient (Wildman–Crippen LogP) is 4.25. The number of unbranched alkanes of at least 4 members (excludes halogenated alkanes) is 2. The van der Waals surface area contributed by atoms with Crippen LogP contribution in [0, 0.1) is 0 Å². The number of phenols is 1. The molecule has 39 heavy (non-hydrogen) atoms. The smallest absolute Gasteiger partial charge is 0.338 e. The second-order valence-corrected chi connectivity index (χ2v) is 10.0. The van der Waals surface area contributed by atoms with Crippen LogP contribution in [0.4, 0.5) is 0 Å². The van der Waals surface area contributed by atoms with E-state index in [9.17, 15) is 14.7 Å². The Balaban J connectivity index is 1.80. The lowest BCUT2D eigenvalue weighted by atomic mass is 9.96. The molecule has 1 N–H and O–H groups in total. The Morgan fingerprint density at radius 1 is 1.21 bits per heavy atom. The zero-order valence-corrected chi connectivity index (χ0v) is 23.1. The summed E-state index contributed by atoms with van der Waals surface area (Å²) in [5, 5.41) is 9.93. The molecule has 1 atom stereocenters. The lowest BCUT2D eigenvalue weighted by Gasteiger charge is -2.24. The summed E-state index contributed by atoms with van der Waals surface area (Å²) in [6.07, 6.45) is 6.40. The van der Waals surface area contributed by atoms with Crippen LogP contribution in [-0.2, 0) is 9.53 Å². The van der Waals surface area contributed by atoms with Crippen molar-refractivity contribution in [1.29, 1.82) is 0 Å². The average molecular weight is 549 g/mol. The van der Waals surface area contributed by atoms with Crippen molar-refractivity contribution < 1.29 is 24.1 Å². The van der Waals surface area contributed by atoms with Gasteiger partial charge in [0.25, 0.3) is 5.56 Å². The molecule has 204 valence electrons. The number of phenolic OH excluding ortho intramolecular Hbond substituents is 1. The summed E-state index contributed by atoms with van der Waals surface area (Å²) in [7, 11) is 1.46. The van der Waals surface area contributed by atoms with Crippen LogP contribution in [-0.4, -0.2) is 36.0 Å². The van der Waals surface area contributed by atoms with Crippen molar-refractivity contribution in [3.05, 3.63) is 97.2 Å². The van der Waals surface area contributed by atoms with E-state index in [-0.39, 0.29) is 17.9 Å². The summed E-state index contributed by atoms with van der Waals surface area (Å²) >= 11 is 1.22. The fourth-order valence-corrected chi connectivity index (χ4v) is 5.38. The van der Waals surface area contributed by atoms with Gasteiger partial charge in [-0.25, -0.2) is 9.79 Å². The molecule has 0 spiro atoms. The third-order valence-electron chi connectivity index (χ3n) is 6.29. The number of fused-ring (bicyclic) bond motifs is 1. The molecule has 0 saturated carbocycles. The van der Waals surface area contributed by atoms with Crippen LogP contribution in [0.3, 0.4) is 0 Å². The predicted molar refractivity (Wildman–Crippen MR) is 151 cm³/mol. The van der Waals surface area contributed by atoms with Crippen LogP contribution in [0.1, 0.15) is 50.3 Å². The number of hydrogen-bond acceptors (Lipinski definition) is 8. The maximum atomic E-state index is 13.8. The van der Waals surface area contributed by atoms with Gasteiger partial charge in [-0.05, 0) is 54.8 Å². The van der Waals surface area contributed by atoms with Gasteiger partial charge in [-0.15, -0.1) is 0 Å². The Morgan fingerprint density at radius 2 is 1.97 bits per heavy atom. The second kappa shape index (κ2) is 12.6. The van der Waals surface area contributed by atoms with E-state index in [0.717, 1.165) is 30.6 Å². The minimum atomic E-state index is -0.732. The molecule has 1 unspecified atom stereocenters. The van der Waals surface area contributed by atoms with Gasteiger partial charge in [0.15, 0.2) is 16.3 Å². The molecule has 0 bridgehead atoms. The number of allylic oxidation sites excluding steroid dienone is 1. The first-order chi connectivity index (χ1) is 18.9. The van der Waals surface area contributed by atoms with Gasteiger partial charge in [0, 0.05) is 0 Å². The second-order valence-electron chi connectivity index (χ2n) is 9.02. The minimum absolute atomic E-state index is 0.00667. The van der Waals surface area contributed by atoms with Gasteiger partial charge in [-0.1, -0.05) is 62.0 Å². The summed E-state index contributed by atoms with van der Waals surface area (Å²) in [6, 6.07) is 11.5. The van der Waals surface area contributed by atoms with Crippen molar-refractivity contribution in [3.8, 4) is 17.2 Å². The average Bonchev–Trinajstić information content (AvgIpc) is 3.24. The van der Waals surface area contributed by atoms with E-state index in [1.165, 1.54) is 35.2 Å². The van der Waals surface area contributed by atoms with E-state index in [1.807, 2.05) is 24.3 Å². The zero-order valence-electron chi connectivity index (χ0n) is 22.3. The number of nitrogens with zero attached hydrogens (tertiary/aromatic N) is 2. The quantitative estimate of drug-likeness (QED) is 0.219. The number of benzene rings is 2. The molecule has 0 amide bonds. The Hall–Kier alpha value is -4.11. The van der Waals surface area contributed by atoms with Crippen molar-refractivity contribution in [1.82, 2.24) is 4.57 Å². The van der Waals surface area contributed by atoms with Crippen molar-refractivity contribution in [3.63, 3.8) is 0 Å². The van der Waals surface area contributed by atoms with Crippen LogP contribution < -0.4 is 24.4 Å². The van der Waals surface area contributed by atoms with Gasteiger partial charge in [0.2, 0.25) is 0 Å². The number of hydrogen-bond donors (Lipinski definition) is 1. The van der Waals surface area contributed by atoms with Gasteiger partial charge < -0.3 is 19.3 Å². The number of aromatic hydroxyl groups is 1. The van der Waals surface area contributed by atoms with E-state index in [0.29, 0.717) is 38.5 Å². The summed E-state index contributed by atoms with van der Waals surface area (Å²) < 4.78 is 18.4. The number of esters is 1. The SMILES string of the molecule is C=CCOC(=O)C1=C(C)N=c2s/c(=C\c3ccc(O)c(OC)c3)c(=O)n2C1c1ccc(OCCCCC)cc1. The first-order valence-corrected chi connectivity index (χ1v) is 13.6. The molecule has 0 aliphatic carbocycles. The van der Waals surface area contributed by atoms with Crippen molar-refractivity contribution in [2.45, 2.75) is 39.2 Å². The maximum absolute atomic E-state index is 13.8. The molecule has 9 heteroatoms. The number of thiazole rings is 1. The standard InChI is InChI=1S/C30H32N2O6S/c1-5-7-8-16-37-22-12-10-21(11-13-22)27-26(29(35)38-15-6-2)19(3)31-30-32(27)28(34)25(39-30)18-20-9-14-23(33)24(17-20)36-4/h6,9-14,17-18,27,33H,2,5,7-8,15-16H2,1,3-4H3/b25-18-. The number of ether oxygens (including phenoxy) is 3. The number of rotatable bonds is 11. The summed E-state index contributed by atoms with van der Waals surface area (Å²) in [4.78, 5) is 32.0. The third kappa shape index (κ3) is 6.15. The Labute approximate surface area is 230 Å². The Morgan fingerprint density at radius 3 is 2.67 bits per heavy atom. The first kappa shape index (κ1) is 27.9. The molecule has 1 aromatic heterocycles. The lowest BCUT2D eigenvalue weighted by molar-refractivity contribution is -0.138. The molecule has 3 aromatic rings. The molecule has 0 fully saturated rings. The third-order valence-corrected chi connectivity index (χ3v) is 7.27. The van der Waals surface area contributed by atoms with Crippen LogP contribution in [0.2, 0.25) is 0 Å². The first-order valence-electron chi connectivity index (χ1n) is 12.8. The van der Waals surface area contributed by atoms with Gasteiger partial charge in [0.05, 0.1) is 35.6 Å². The zero-order chi connectivity index (χ0) is 27.9. The highest BCUT2D eigenvalue weighted by atomic mass is 32.1. The molecular formula is C30H32N2O6S. The molecular weight excluding hydrogens is 516 g/mol. The van der Waals surface area contributed by atoms with Gasteiger partial charge in [-0.2, -0.15) is 0 Å². The van der Waals surface area contributed by atoms with Crippen molar-refractivity contribution >= 4 is 23.4 Å². The Kier molecular flexibility index (Phi) is 9.03. The van der Waals surface area contributed by atoms with Crippen molar-refractivity contribution in [2.75, 3.05) is 20.3 Å². The maximum Gasteiger partial charge on any atom is 0.338 e. The number of carbonyl (C=O) groups excluding carboxylic acids is 1. The normalized spacial score (nSPS) is 14.9. The van der Waals surface area contributed by atoms with Crippen LogP contribution in [0.5, 0.6) is 17.2 Å². The van der Waals surface area contributed by atoms with Gasteiger partial charge >= 0.3 is 5.97 Å². The molecule has 4 rings (SSSR count). The molecule has 1 aliphatic heterocycles. The van der Waals surface area contributed by atoms with E-state index in [4.69, 9.17) is 14.2 Å². The fourth-order valence-electron chi connectivity index (χ4n) is 4.33. The number of methoxy groups -OCH3 is 1. The van der Waals surface area contributed by atoms with Crippen LogP contribution in [0.25, 0.3) is 6.08 Å². The van der Waals surface area contributed by atoms with E-state index >= 15 is 0 Å². The van der Waals surface area contributed by atoms with Crippen LogP contribution >= 0.6 is 11.3 Å². The monoisotopic (exact) mass is 548 g/mol. The van der Waals surface area contributed by atoms with E-state index in [2.05, 4.69) is 18.5 Å². The summed E-state index contributed by atoms with van der Waals surface area (Å²) in [5.74, 6) is 0.473. The minimum Gasteiger partial charge on any atom is -0.504 e. The molecule has 0 saturated heterocycles. The molecule has 2 heterocycles. The van der Waals surface area contributed by atoms with E-state index in [1.54, 1.807) is 25.1 Å². The van der Waals surface area contributed by atoms with E-state index < -0.39 is 12.0 Å². The molecule has 8 nitrogen and oxygen atoms in total. The highest BCUT2D eigenvalue weighted by molar-refractivity contribution is 7.07. The lowest BCUT2D eigenvalue weighted by Crippen LogP contribution is -2.39. The largest absolute Gasteiger partial charge is 0.504 e. The highest BCUT2D eigenvalue weighted by Gasteiger charge is 2.33. The summed E-state index contributed by atoms with van der Waals surface area (Å²) in [5.41, 5.74) is 1.89. The van der Waals surface area contributed by atoms with Crippen LogP contribution in [0.15, 0.2) is 76.2 Å². The Bertz CT molecular complexity index is 1570. The molecule has 0 radical (unpaired) electrons. The molecule has 2 aromatic carbocycles. The number of carbonyl (C=O) groups is 1. The fraction of sp³-hybridized carbons (Fsp3) is 0.300. The highest BCUT2D eigenvalue weighted by Crippen LogP contribution is 2.32. The van der Waals surface area contributed by atoms with Gasteiger partial charge in [-0.3, -0.25) is 9.36 Å². The van der Waals surface area contributed by atoms with Gasteiger partial charge in [0.1, 0.15) is 12.4 Å². The summed E-state index contributed by atoms with van der Waals surface area (Å²) in [6.45, 7) is 8.17. The number of aromatic nitrogens is 1. The molecule has 1 aliphatic rings. The van der Waals surface area contributed by atoms with Crippen molar-refractivity contribution in [2.24, 2.45) is 4.99 Å². The topological polar surface area (TPSA) is 99.4 Å².